The van der Waals surface area contributed by atoms with Gasteiger partial charge in [0.25, 0.3) is 5.91 Å². The van der Waals surface area contributed by atoms with Gasteiger partial charge in [-0.15, -0.1) is 0 Å². The first-order chi connectivity index (χ1) is 10.0. The molecule has 1 heterocycles. The molecule has 21 heavy (non-hydrogen) atoms. The van der Waals surface area contributed by atoms with Crippen LogP contribution in [-0.2, 0) is 9.53 Å². The fourth-order valence-electron chi connectivity index (χ4n) is 2.41. The zero-order valence-corrected chi connectivity index (χ0v) is 12.3. The van der Waals surface area contributed by atoms with Crippen molar-refractivity contribution < 1.29 is 14.3 Å². The van der Waals surface area contributed by atoms with E-state index in [1.165, 1.54) is 0 Å². The van der Waals surface area contributed by atoms with E-state index in [0.717, 1.165) is 0 Å². The average Bonchev–Trinajstić information content (AvgIpc) is 2.47. The van der Waals surface area contributed by atoms with Crippen molar-refractivity contribution in [1.82, 2.24) is 4.90 Å². The highest BCUT2D eigenvalue weighted by atomic mass is 16.5. The lowest BCUT2D eigenvalue weighted by Crippen LogP contribution is -2.52. The summed E-state index contributed by atoms with van der Waals surface area (Å²) in [5.74, 6) is -0.532. The van der Waals surface area contributed by atoms with Gasteiger partial charge in [0.05, 0.1) is 30.9 Å². The maximum atomic E-state index is 12.3. The Morgan fingerprint density at radius 1 is 1.38 bits per heavy atom. The fourth-order valence-corrected chi connectivity index (χ4v) is 2.41. The van der Waals surface area contributed by atoms with E-state index >= 15 is 0 Å². The van der Waals surface area contributed by atoms with Crippen molar-refractivity contribution in [3.8, 4) is 0 Å². The number of hydrogen-bond donors (Lipinski definition) is 2. The molecule has 0 unspecified atom stereocenters. The molecule has 1 aromatic carbocycles. The Kier molecular flexibility index (Phi) is 4.80. The summed E-state index contributed by atoms with van der Waals surface area (Å²) >= 11 is 0. The quantitative estimate of drug-likeness (QED) is 0.860. The van der Waals surface area contributed by atoms with Crippen LogP contribution in [0.4, 0.5) is 5.69 Å². The third-order valence-corrected chi connectivity index (χ3v) is 3.83. The number of rotatable bonds is 4. The largest absolute Gasteiger partial charge is 0.376 e. The Bertz CT molecular complexity index is 533. The van der Waals surface area contributed by atoms with Crippen LogP contribution in [0.25, 0.3) is 0 Å². The molecule has 6 heteroatoms. The van der Waals surface area contributed by atoms with Crippen molar-refractivity contribution in [2.45, 2.75) is 26.0 Å². The molecule has 1 aliphatic rings. The number of nitrogens with two attached hydrogens (primary N) is 1. The summed E-state index contributed by atoms with van der Waals surface area (Å²) in [5.41, 5.74) is 6.27. The van der Waals surface area contributed by atoms with Crippen LogP contribution in [0, 0.1) is 0 Å². The molecule has 1 aromatic rings. The average molecular weight is 291 g/mol. The van der Waals surface area contributed by atoms with E-state index in [2.05, 4.69) is 5.32 Å². The Hall–Kier alpha value is -2.08. The van der Waals surface area contributed by atoms with E-state index in [1.54, 1.807) is 29.2 Å². The predicted molar refractivity (Wildman–Crippen MR) is 80.0 cm³/mol. The zero-order chi connectivity index (χ0) is 15.4. The van der Waals surface area contributed by atoms with Gasteiger partial charge in [0, 0.05) is 12.2 Å². The first-order valence-corrected chi connectivity index (χ1v) is 7.04. The summed E-state index contributed by atoms with van der Waals surface area (Å²) in [6.45, 7) is 5.19. The lowest BCUT2D eigenvalue weighted by molar-refractivity contribution is -0.142. The minimum absolute atomic E-state index is 0.0167. The number of amides is 2. The second-order valence-electron chi connectivity index (χ2n) is 5.17. The summed E-state index contributed by atoms with van der Waals surface area (Å²) < 4.78 is 5.51. The van der Waals surface area contributed by atoms with E-state index in [-0.39, 0.29) is 24.6 Å². The molecule has 1 fully saturated rings. The first kappa shape index (κ1) is 15.3. The Morgan fingerprint density at radius 2 is 2.10 bits per heavy atom. The van der Waals surface area contributed by atoms with Crippen molar-refractivity contribution in [2.75, 3.05) is 25.0 Å². The van der Waals surface area contributed by atoms with Crippen molar-refractivity contribution in [1.29, 1.82) is 0 Å². The van der Waals surface area contributed by atoms with Gasteiger partial charge in [-0.25, -0.2) is 0 Å². The van der Waals surface area contributed by atoms with E-state index in [1.807, 2.05) is 13.8 Å². The van der Waals surface area contributed by atoms with E-state index in [4.69, 9.17) is 10.5 Å². The second-order valence-corrected chi connectivity index (χ2v) is 5.17. The normalized spacial score (nSPS) is 21.9. The van der Waals surface area contributed by atoms with Crippen LogP contribution in [0.5, 0.6) is 0 Å². The molecule has 1 aliphatic heterocycles. The number of morpholine rings is 1. The first-order valence-electron chi connectivity index (χ1n) is 7.04. The molecule has 1 saturated heterocycles. The maximum absolute atomic E-state index is 12.3. The highest BCUT2D eigenvalue weighted by molar-refractivity contribution is 5.99. The van der Waals surface area contributed by atoms with Gasteiger partial charge in [0.15, 0.2) is 0 Å². The van der Waals surface area contributed by atoms with Gasteiger partial charge in [-0.1, -0.05) is 12.1 Å². The fraction of sp³-hybridized carbons (Fsp3) is 0.467. The molecule has 2 amide bonds. The van der Waals surface area contributed by atoms with Crippen LogP contribution in [0.3, 0.4) is 0 Å². The summed E-state index contributed by atoms with van der Waals surface area (Å²) in [6.07, 6.45) is 0.0283. The van der Waals surface area contributed by atoms with Crippen LogP contribution in [0.15, 0.2) is 24.3 Å². The predicted octanol–water partition coefficient (Wildman–Crippen LogP) is 0.833. The molecular formula is C15H21N3O3. The molecule has 0 bridgehead atoms. The molecule has 2 rings (SSSR count). The smallest absolute Gasteiger partial charge is 0.250 e. The molecular weight excluding hydrogens is 270 g/mol. The molecule has 0 saturated carbocycles. The van der Waals surface area contributed by atoms with E-state index < -0.39 is 5.91 Å². The van der Waals surface area contributed by atoms with Crippen molar-refractivity contribution in [3.05, 3.63) is 29.8 Å². The lowest BCUT2D eigenvalue weighted by Gasteiger charge is -2.38. The minimum Gasteiger partial charge on any atom is -0.376 e. The van der Waals surface area contributed by atoms with Crippen LogP contribution in [0.2, 0.25) is 0 Å². The summed E-state index contributed by atoms with van der Waals surface area (Å²) in [6, 6.07) is 6.93. The van der Waals surface area contributed by atoms with Crippen molar-refractivity contribution in [2.24, 2.45) is 5.73 Å². The second kappa shape index (κ2) is 6.58. The number of anilines is 1. The molecule has 0 aromatic heterocycles. The van der Waals surface area contributed by atoms with E-state index in [9.17, 15) is 9.59 Å². The molecule has 114 valence electrons. The Morgan fingerprint density at radius 3 is 2.81 bits per heavy atom. The Labute approximate surface area is 124 Å². The van der Waals surface area contributed by atoms with E-state index in [0.29, 0.717) is 24.4 Å². The molecule has 0 spiro atoms. The van der Waals surface area contributed by atoms with Crippen LogP contribution in [-0.4, -0.2) is 48.6 Å². The number of carbonyl (C=O) groups excluding carboxylic acids is 2. The van der Waals surface area contributed by atoms with Gasteiger partial charge in [0.2, 0.25) is 5.91 Å². The van der Waals surface area contributed by atoms with Crippen LogP contribution < -0.4 is 11.1 Å². The number of nitrogens with one attached hydrogen (secondary N) is 1. The highest BCUT2D eigenvalue weighted by Crippen LogP contribution is 2.16. The summed E-state index contributed by atoms with van der Waals surface area (Å²) in [5, 5.41) is 2.99. The van der Waals surface area contributed by atoms with Gasteiger partial charge in [-0.2, -0.15) is 0 Å². The standard InChI is InChI=1S/C15H21N3O3/c1-10-11(2)21-8-7-18(10)14(19)9-17-13-6-4-3-5-12(13)15(16)20/h3-6,10-11,17H,7-9H2,1-2H3,(H2,16,20)/t10-,11-/m0/s1. The van der Waals surface area contributed by atoms with Crippen molar-refractivity contribution >= 4 is 17.5 Å². The number of benzene rings is 1. The highest BCUT2D eigenvalue weighted by Gasteiger charge is 2.28. The number of ether oxygens (including phenoxy) is 1. The minimum atomic E-state index is -0.515. The van der Waals surface area contributed by atoms with Gasteiger partial charge < -0.3 is 20.7 Å². The number of hydrogen-bond acceptors (Lipinski definition) is 4. The number of nitrogens with zero attached hydrogens (tertiary/aromatic N) is 1. The topological polar surface area (TPSA) is 84.7 Å². The van der Waals surface area contributed by atoms with Crippen molar-refractivity contribution in [3.63, 3.8) is 0 Å². The molecule has 0 radical (unpaired) electrons. The molecule has 2 atom stereocenters. The zero-order valence-electron chi connectivity index (χ0n) is 12.3. The number of primary amides is 1. The lowest BCUT2D eigenvalue weighted by atomic mass is 10.1. The Balaban J connectivity index is 2.00. The molecule has 0 aliphatic carbocycles. The summed E-state index contributed by atoms with van der Waals surface area (Å²) in [7, 11) is 0. The maximum Gasteiger partial charge on any atom is 0.250 e. The number of para-hydroxylation sites is 1. The molecule has 3 N–H and O–H groups in total. The van der Waals surface area contributed by atoms with Crippen LogP contribution >= 0.6 is 0 Å². The van der Waals surface area contributed by atoms with Gasteiger partial charge >= 0.3 is 0 Å². The van der Waals surface area contributed by atoms with Gasteiger partial charge in [0.1, 0.15) is 0 Å². The monoisotopic (exact) mass is 291 g/mol. The molecule has 6 nitrogen and oxygen atoms in total. The van der Waals surface area contributed by atoms with Gasteiger partial charge in [-0.3, -0.25) is 9.59 Å². The third-order valence-electron chi connectivity index (χ3n) is 3.83. The third kappa shape index (κ3) is 3.52. The number of carbonyl (C=O) groups is 2. The SMILES string of the molecule is C[C@@H]1OCCN(C(=O)CNc2ccccc2C(N)=O)[C@H]1C. The van der Waals surface area contributed by atoms with Crippen LogP contribution in [0.1, 0.15) is 24.2 Å². The summed E-state index contributed by atoms with van der Waals surface area (Å²) in [4.78, 5) is 25.4. The van der Waals surface area contributed by atoms with Gasteiger partial charge in [-0.05, 0) is 26.0 Å².